The van der Waals surface area contributed by atoms with Gasteiger partial charge in [-0.2, -0.15) is 22.9 Å². The van der Waals surface area contributed by atoms with Gasteiger partial charge < -0.3 is 24.0 Å². The van der Waals surface area contributed by atoms with Crippen molar-refractivity contribution in [2.45, 2.75) is 27.7 Å². The van der Waals surface area contributed by atoms with Crippen LogP contribution in [0.15, 0.2) is 97.8 Å². The smallest absolute Gasteiger partial charge is 0.503 e. The summed E-state index contributed by atoms with van der Waals surface area (Å²) in [6, 6.07) is 37.5. The number of ether oxygens (including phenoxy) is 2. The van der Waals surface area contributed by atoms with Gasteiger partial charge in [0.25, 0.3) is 0 Å². The summed E-state index contributed by atoms with van der Waals surface area (Å²) in [6.07, 6.45) is 6.53. The van der Waals surface area contributed by atoms with Crippen LogP contribution in [0, 0.1) is 52.0 Å². The summed E-state index contributed by atoms with van der Waals surface area (Å²) in [7, 11) is 0. The molecule has 0 N–H and O–H groups in total. The molecule has 0 atom stereocenters. The topological polar surface area (TPSA) is 87.8 Å². The van der Waals surface area contributed by atoms with Gasteiger partial charge in [-0.05, 0) is 37.4 Å². The molecule has 8 aromatic rings. The van der Waals surface area contributed by atoms with Crippen molar-refractivity contribution in [3.05, 3.63) is 144 Å². The van der Waals surface area contributed by atoms with Crippen LogP contribution in [-0.2, 0) is 42.1 Å². The fourth-order valence-electron chi connectivity index (χ4n) is 5.85. The molecule has 0 saturated carbocycles. The summed E-state index contributed by atoms with van der Waals surface area (Å²) in [5, 5.41) is 1.86. The van der Waals surface area contributed by atoms with Crippen molar-refractivity contribution in [2.24, 2.45) is 0 Å². The number of benzene rings is 4. The van der Waals surface area contributed by atoms with Gasteiger partial charge in [-0.3, -0.25) is 0 Å². The molecule has 4 heterocycles. The summed E-state index contributed by atoms with van der Waals surface area (Å²) in [6.45, 7) is 8.13. The third-order valence-electron chi connectivity index (χ3n) is 8.01. The number of hydrogen-bond donors (Lipinski definition) is 0. The Balaban J connectivity index is 0.00000224. The van der Waals surface area contributed by atoms with Crippen molar-refractivity contribution in [1.29, 1.82) is 0 Å². The first-order valence-electron chi connectivity index (χ1n) is 15.7. The standard InChI is InChI=1S/C41H28N6O2.2Pt/c1-25-9-11-43-37(17-25)29-13-27(3)15-33(19-29)48-31-5-7-35-36-8-6-32(22-40(36)47(39(35)21-31)41-45-23-42-24-46-41)49-34-16-28(4)14-30(20-34)38-18-26(2)10-12-44-38;;/h5-18,23-24H,1-4H3;;/q-4;2*+2. The Morgan fingerprint density at radius 3 is 1.41 bits per heavy atom. The van der Waals surface area contributed by atoms with Crippen molar-refractivity contribution in [3.63, 3.8) is 0 Å². The summed E-state index contributed by atoms with van der Waals surface area (Å²) >= 11 is 0. The van der Waals surface area contributed by atoms with Crippen LogP contribution in [0.25, 0.3) is 50.3 Å². The fraction of sp³-hybridized carbons (Fsp3) is 0.0976. The van der Waals surface area contributed by atoms with Gasteiger partial charge >= 0.3 is 42.1 Å². The Bertz CT molecular complexity index is 2370. The Morgan fingerprint density at radius 1 is 0.490 bits per heavy atom. The average Bonchev–Trinajstić information content (AvgIpc) is 3.41. The summed E-state index contributed by atoms with van der Waals surface area (Å²) in [5.41, 5.74) is 9.13. The van der Waals surface area contributed by atoms with Gasteiger partial charge in [0.2, 0.25) is 5.95 Å². The maximum Gasteiger partial charge on any atom is 2.00 e. The van der Waals surface area contributed by atoms with E-state index in [1.165, 1.54) is 12.7 Å². The first-order valence-corrected chi connectivity index (χ1v) is 15.7. The van der Waals surface area contributed by atoms with Crippen LogP contribution in [0.5, 0.6) is 23.0 Å². The van der Waals surface area contributed by atoms with E-state index in [4.69, 9.17) is 9.47 Å². The van der Waals surface area contributed by atoms with Crippen molar-refractivity contribution in [3.8, 4) is 51.5 Å². The van der Waals surface area contributed by atoms with Gasteiger partial charge in [0, 0.05) is 35.4 Å². The zero-order valence-electron chi connectivity index (χ0n) is 27.9. The van der Waals surface area contributed by atoms with Gasteiger partial charge in [0.15, 0.2) is 0 Å². The van der Waals surface area contributed by atoms with Gasteiger partial charge in [0.05, 0.1) is 0 Å². The number of hydrogen-bond acceptors (Lipinski definition) is 7. The van der Waals surface area contributed by atoms with E-state index in [1.54, 1.807) is 12.4 Å². The third kappa shape index (κ3) is 7.53. The van der Waals surface area contributed by atoms with Gasteiger partial charge in [-0.15, -0.1) is 58.7 Å². The van der Waals surface area contributed by atoms with Crippen LogP contribution in [0.4, 0.5) is 0 Å². The minimum Gasteiger partial charge on any atom is -0.503 e. The molecule has 8 nitrogen and oxygen atoms in total. The molecule has 0 saturated heterocycles. The largest absolute Gasteiger partial charge is 2.00 e. The molecule has 4 aromatic carbocycles. The summed E-state index contributed by atoms with van der Waals surface area (Å²) in [5.74, 6) is 2.57. The van der Waals surface area contributed by atoms with Crippen LogP contribution in [0.3, 0.4) is 0 Å². The summed E-state index contributed by atoms with van der Waals surface area (Å²) in [4.78, 5) is 22.0. The van der Waals surface area contributed by atoms with E-state index in [9.17, 15) is 0 Å². The van der Waals surface area contributed by atoms with Gasteiger partial charge in [0.1, 0.15) is 12.7 Å². The molecule has 0 bridgehead atoms. The van der Waals surface area contributed by atoms with E-state index in [1.807, 2.05) is 105 Å². The molecule has 4 aromatic heterocycles. The van der Waals surface area contributed by atoms with Crippen molar-refractivity contribution < 1.29 is 51.6 Å². The number of nitrogens with zero attached hydrogens (tertiary/aromatic N) is 6. The van der Waals surface area contributed by atoms with E-state index in [-0.39, 0.29) is 42.1 Å². The van der Waals surface area contributed by atoms with Gasteiger partial charge in [-0.1, -0.05) is 72.4 Å². The molecule has 0 spiro atoms. The molecule has 0 aliphatic rings. The molecule has 0 unspecified atom stereocenters. The minimum atomic E-state index is 0. The number of fused-ring (bicyclic) bond motifs is 3. The van der Waals surface area contributed by atoms with E-state index in [2.05, 4.69) is 49.2 Å². The quantitative estimate of drug-likeness (QED) is 0.147. The van der Waals surface area contributed by atoms with Gasteiger partial charge in [-0.25, -0.2) is 15.0 Å². The van der Waals surface area contributed by atoms with Crippen LogP contribution < -0.4 is 9.47 Å². The van der Waals surface area contributed by atoms with E-state index >= 15 is 0 Å². The average molecular weight is 1030 g/mol. The van der Waals surface area contributed by atoms with Crippen molar-refractivity contribution >= 4 is 21.8 Å². The first kappa shape index (κ1) is 35.8. The number of rotatable bonds is 7. The number of aryl methyl sites for hydroxylation is 4. The molecule has 0 radical (unpaired) electrons. The predicted octanol–water partition coefficient (Wildman–Crippen LogP) is 9.11. The molecule has 254 valence electrons. The van der Waals surface area contributed by atoms with E-state index in [0.29, 0.717) is 28.9 Å². The first-order chi connectivity index (χ1) is 23.9. The zero-order chi connectivity index (χ0) is 33.5. The summed E-state index contributed by atoms with van der Waals surface area (Å²) < 4.78 is 14.6. The minimum absolute atomic E-state index is 0. The molecule has 0 amide bonds. The maximum atomic E-state index is 6.37. The predicted molar refractivity (Wildman–Crippen MR) is 188 cm³/mol. The van der Waals surface area contributed by atoms with Crippen LogP contribution in [0.2, 0.25) is 0 Å². The number of pyridine rings is 2. The van der Waals surface area contributed by atoms with Crippen LogP contribution >= 0.6 is 0 Å². The van der Waals surface area contributed by atoms with E-state index < -0.39 is 0 Å². The van der Waals surface area contributed by atoms with Crippen molar-refractivity contribution in [2.75, 3.05) is 0 Å². The zero-order valence-corrected chi connectivity index (χ0v) is 32.4. The van der Waals surface area contributed by atoms with Crippen molar-refractivity contribution in [1.82, 2.24) is 29.5 Å². The normalized spacial score (nSPS) is 10.8. The monoisotopic (exact) mass is 1030 g/mol. The Morgan fingerprint density at radius 2 is 0.961 bits per heavy atom. The molecule has 10 heteroatoms. The molecular formula is C41H28N6O2Pt2. The van der Waals surface area contributed by atoms with E-state index in [0.717, 1.165) is 66.6 Å². The maximum absolute atomic E-state index is 6.37. The second kappa shape index (κ2) is 15.1. The SMILES string of the molecule is Cc1cc(Oc2[c-]c3c(cc2)c2ccc(Oc4[c-]c(-c5cc(C)ccn5)cc(C)c4)[c-]c2n3-c2ncncn2)[c-]c(-c2cc(C)ccn2)c1.[Pt+2].[Pt+2]. The van der Waals surface area contributed by atoms with Crippen LogP contribution in [-0.4, -0.2) is 29.5 Å². The molecular weight excluding hydrogens is 999 g/mol. The molecule has 51 heavy (non-hydrogen) atoms. The molecule has 0 fully saturated rings. The Hall–Kier alpha value is -5.03. The second-order valence-electron chi connectivity index (χ2n) is 12.0. The third-order valence-corrected chi connectivity index (χ3v) is 8.01. The Kier molecular flexibility index (Phi) is 10.6. The molecule has 0 aliphatic heterocycles. The number of aromatic nitrogens is 6. The second-order valence-corrected chi connectivity index (χ2v) is 12.0. The molecule has 8 rings (SSSR count). The fourth-order valence-corrected chi connectivity index (χ4v) is 5.85. The van der Waals surface area contributed by atoms with Crippen LogP contribution in [0.1, 0.15) is 22.3 Å². The Labute approximate surface area is 324 Å². The molecule has 0 aliphatic carbocycles.